The molecule has 5 rings (SSSR count). The van der Waals surface area contributed by atoms with Crippen molar-refractivity contribution in [1.82, 2.24) is 14.5 Å². The fraction of sp³-hybridized carbons (Fsp3) is 0.240. The fourth-order valence-corrected chi connectivity index (χ4v) is 3.92. The maximum Gasteiger partial charge on any atom is 0.228 e. The van der Waals surface area contributed by atoms with E-state index in [1.165, 1.54) is 0 Å². The van der Waals surface area contributed by atoms with Gasteiger partial charge in [0.25, 0.3) is 0 Å². The van der Waals surface area contributed by atoms with E-state index in [1.807, 2.05) is 47.9 Å². The number of ether oxygens (including phenoxy) is 2. The number of imidazole rings is 1. The molecule has 0 saturated carbocycles. The summed E-state index contributed by atoms with van der Waals surface area (Å²) in [6.07, 6.45) is 4.51. The van der Waals surface area contributed by atoms with Gasteiger partial charge < -0.3 is 9.47 Å². The molecule has 2 aromatic carbocycles. The number of carbonyl (C=O) groups is 1. The lowest BCUT2D eigenvalue weighted by Gasteiger charge is -2.25. The van der Waals surface area contributed by atoms with Gasteiger partial charge in [0.15, 0.2) is 5.82 Å². The minimum absolute atomic E-state index is 0.133. The van der Waals surface area contributed by atoms with Crippen LogP contribution in [0.1, 0.15) is 47.2 Å². The Morgan fingerprint density at radius 3 is 2.68 bits per heavy atom. The van der Waals surface area contributed by atoms with E-state index < -0.39 is 0 Å². The standard InChI is InChI=1S/C25H23N3O3/c1-17-7-6-15-26-25(17)31-19-13-11-18(12-14-19)23(29)24-27-20-8-2-3-9-21(20)28(24)22-10-4-5-16-30-22/h2-3,6-9,11-15,22H,4-5,10,16H2,1H3. The molecule has 2 aromatic heterocycles. The monoisotopic (exact) mass is 413 g/mol. The highest BCUT2D eigenvalue weighted by Crippen LogP contribution is 2.30. The first kappa shape index (κ1) is 19.5. The second kappa shape index (κ2) is 8.32. The Hall–Kier alpha value is -3.51. The smallest absolute Gasteiger partial charge is 0.228 e. The molecule has 1 fully saturated rings. The van der Waals surface area contributed by atoms with E-state index >= 15 is 0 Å². The minimum Gasteiger partial charge on any atom is -0.439 e. The number of carbonyl (C=O) groups excluding carboxylic acids is 1. The number of rotatable bonds is 5. The van der Waals surface area contributed by atoms with E-state index in [4.69, 9.17) is 9.47 Å². The molecule has 1 atom stereocenters. The van der Waals surface area contributed by atoms with Crippen LogP contribution in [0.3, 0.4) is 0 Å². The summed E-state index contributed by atoms with van der Waals surface area (Å²) in [5, 5.41) is 0. The first-order chi connectivity index (χ1) is 15.2. The molecule has 0 N–H and O–H groups in total. The van der Waals surface area contributed by atoms with E-state index in [9.17, 15) is 4.79 Å². The lowest BCUT2D eigenvalue weighted by molar-refractivity contribution is -0.0304. The van der Waals surface area contributed by atoms with Crippen molar-refractivity contribution in [2.45, 2.75) is 32.4 Å². The van der Waals surface area contributed by atoms with Crippen molar-refractivity contribution in [2.75, 3.05) is 6.61 Å². The van der Waals surface area contributed by atoms with Crippen molar-refractivity contribution < 1.29 is 14.3 Å². The van der Waals surface area contributed by atoms with Crippen LogP contribution >= 0.6 is 0 Å². The van der Waals surface area contributed by atoms with Crippen molar-refractivity contribution in [3.63, 3.8) is 0 Å². The number of pyridine rings is 1. The Morgan fingerprint density at radius 1 is 1.06 bits per heavy atom. The van der Waals surface area contributed by atoms with E-state index in [1.54, 1.807) is 30.5 Å². The summed E-state index contributed by atoms with van der Waals surface area (Å²) in [4.78, 5) is 22.3. The molecule has 0 aliphatic carbocycles. The largest absolute Gasteiger partial charge is 0.439 e. The normalized spacial score (nSPS) is 16.4. The van der Waals surface area contributed by atoms with Gasteiger partial charge in [-0.2, -0.15) is 0 Å². The van der Waals surface area contributed by atoms with E-state index in [0.717, 1.165) is 35.9 Å². The minimum atomic E-state index is -0.171. The first-order valence-corrected chi connectivity index (χ1v) is 10.5. The molecule has 1 aliphatic heterocycles. The molecule has 0 bridgehead atoms. The van der Waals surface area contributed by atoms with Crippen LogP contribution in [0.2, 0.25) is 0 Å². The van der Waals surface area contributed by atoms with Gasteiger partial charge in [-0.15, -0.1) is 0 Å². The Bertz CT molecular complexity index is 1220. The number of hydrogen-bond donors (Lipinski definition) is 0. The van der Waals surface area contributed by atoms with Crippen molar-refractivity contribution in [1.29, 1.82) is 0 Å². The number of hydrogen-bond acceptors (Lipinski definition) is 5. The zero-order chi connectivity index (χ0) is 21.2. The highest BCUT2D eigenvalue weighted by molar-refractivity contribution is 6.08. The molecule has 6 nitrogen and oxygen atoms in total. The summed E-state index contributed by atoms with van der Waals surface area (Å²) in [5.74, 6) is 1.45. The lowest BCUT2D eigenvalue weighted by atomic mass is 10.1. The lowest BCUT2D eigenvalue weighted by Crippen LogP contribution is -2.22. The zero-order valence-electron chi connectivity index (χ0n) is 17.3. The first-order valence-electron chi connectivity index (χ1n) is 10.5. The number of benzene rings is 2. The van der Waals surface area contributed by atoms with E-state index in [2.05, 4.69) is 9.97 Å². The number of ketones is 1. The molecule has 0 spiro atoms. The predicted molar refractivity (Wildman–Crippen MR) is 117 cm³/mol. The average Bonchev–Trinajstić information content (AvgIpc) is 3.21. The van der Waals surface area contributed by atoms with Crippen LogP contribution in [0.5, 0.6) is 11.6 Å². The van der Waals surface area contributed by atoms with Gasteiger partial charge >= 0.3 is 0 Å². The van der Waals surface area contributed by atoms with Gasteiger partial charge in [-0.3, -0.25) is 9.36 Å². The van der Waals surface area contributed by atoms with Gasteiger partial charge in [-0.25, -0.2) is 9.97 Å². The molecule has 0 radical (unpaired) electrons. The maximum absolute atomic E-state index is 13.4. The molecule has 4 aromatic rings. The molecular formula is C25H23N3O3. The molecule has 31 heavy (non-hydrogen) atoms. The van der Waals surface area contributed by atoms with Gasteiger partial charge in [0.05, 0.1) is 11.0 Å². The third-order valence-corrected chi connectivity index (χ3v) is 5.53. The van der Waals surface area contributed by atoms with Gasteiger partial charge in [0, 0.05) is 23.9 Å². The number of para-hydroxylation sites is 2. The topological polar surface area (TPSA) is 66.2 Å². The molecule has 1 unspecified atom stereocenters. The van der Waals surface area contributed by atoms with Gasteiger partial charge in [-0.05, 0) is 68.7 Å². The second-order valence-corrected chi connectivity index (χ2v) is 7.70. The molecule has 3 heterocycles. The predicted octanol–water partition coefficient (Wildman–Crippen LogP) is 5.46. The quantitative estimate of drug-likeness (QED) is 0.406. The molecule has 1 aliphatic rings. The Morgan fingerprint density at radius 2 is 1.90 bits per heavy atom. The van der Waals surface area contributed by atoms with Crippen LogP contribution in [-0.4, -0.2) is 26.9 Å². The van der Waals surface area contributed by atoms with Crippen molar-refractivity contribution in [3.8, 4) is 11.6 Å². The fourth-order valence-electron chi connectivity index (χ4n) is 3.92. The highest BCUT2D eigenvalue weighted by atomic mass is 16.5. The summed E-state index contributed by atoms with van der Waals surface area (Å²) in [5.41, 5.74) is 3.22. The van der Waals surface area contributed by atoms with E-state index in [0.29, 0.717) is 29.6 Å². The van der Waals surface area contributed by atoms with Gasteiger partial charge in [0.1, 0.15) is 12.0 Å². The molecular weight excluding hydrogens is 390 g/mol. The molecule has 6 heteroatoms. The highest BCUT2D eigenvalue weighted by Gasteiger charge is 2.26. The Kier molecular flexibility index (Phi) is 5.22. The summed E-state index contributed by atoms with van der Waals surface area (Å²) in [6, 6.07) is 18.7. The SMILES string of the molecule is Cc1cccnc1Oc1ccc(C(=O)c2nc3ccccc3n2C2CCCCO2)cc1. The van der Waals surface area contributed by atoms with Gasteiger partial charge in [0.2, 0.25) is 11.7 Å². The Labute approximate surface area is 180 Å². The summed E-state index contributed by atoms with van der Waals surface area (Å²) >= 11 is 0. The second-order valence-electron chi connectivity index (χ2n) is 7.70. The van der Waals surface area contributed by atoms with E-state index in [-0.39, 0.29) is 12.0 Å². The Balaban J connectivity index is 1.46. The molecule has 1 saturated heterocycles. The van der Waals surface area contributed by atoms with Crippen LogP contribution in [0, 0.1) is 6.92 Å². The molecule has 156 valence electrons. The van der Waals surface area contributed by atoms with Crippen LogP contribution in [0.15, 0.2) is 66.9 Å². The number of aryl methyl sites for hydroxylation is 1. The van der Waals surface area contributed by atoms with Gasteiger partial charge in [-0.1, -0.05) is 18.2 Å². The summed E-state index contributed by atoms with van der Waals surface area (Å²) < 4.78 is 13.8. The van der Waals surface area contributed by atoms with Crippen LogP contribution < -0.4 is 4.74 Å². The zero-order valence-corrected chi connectivity index (χ0v) is 17.3. The third-order valence-electron chi connectivity index (χ3n) is 5.53. The third kappa shape index (κ3) is 3.82. The van der Waals surface area contributed by atoms with Crippen molar-refractivity contribution in [2.24, 2.45) is 0 Å². The van der Waals surface area contributed by atoms with Crippen LogP contribution in [-0.2, 0) is 4.74 Å². The van der Waals surface area contributed by atoms with Crippen molar-refractivity contribution >= 4 is 16.8 Å². The number of nitrogens with zero attached hydrogens (tertiary/aromatic N) is 3. The van der Waals surface area contributed by atoms with Crippen LogP contribution in [0.4, 0.5) is 0 Å². The number of aromatic nitrogens is 3. The summed E-state index contributed by atoms with van der Waals surface area (Å²) in [6.45, 7) is 2.64. The average molecular weight is 413 g/mol. The van der Waals surface area contributed by atoms with Crippen LogP contribution in [0.25, 0.3) is 11.0 Å². The number of fused-ring (bicyclic) bond motifs is 1. The maximum atomic E-state index is 13.4. The summed E-state index contributed by atoms with van der Waals surface area (Å²) in [7, 11) is 0. The van der Waals surface area contributed by atoms with Crippen molar-refractivity contribution in [3.05, 3.63) is 83.8 Å². The molecule has 0 amide bonds.